The van der Waals surface area contributed by atoms with Crippen LogP contribution in [-0.2, 0) is 26.2 Å². The highest BCUT2D eigenvalue weighted by Gasteiger charge is 2.34. The van der Waals surface area contributed by atoms with E-state index in [0.29, 0.717) is 17.0 Å². The molecule has 2 atom stereocenters. The van der Waals surface area contributed by atoms with Crippen LogP contribution in [-0.4, -0.2) is 48.7 Å². The molecule has 0 aromatic heterocycles. The van der Waals surface area contributed by atoms with Crippen LogP contribution < -0.4 is 9.62 Å². The van der Waals surface area contributed by atoms with Crippen LogP contribution in [0.1, 0.15) is 39.2 Å². The number of hydrogen-bond acceptors (Lipinski definition) is 6. The first kappa shape index (κ1) is 31.6. The summed E-state index contributed by atoms with van der Waals surface area (Å²) in [6.07, 6.45) is 0.928. The van der Waals surface area contributed by atoms with Crippen molar-refractivity contribution in [2.45, 2.75) is 57.1 Å². The van der Waals surface area contributed by atoms with Crippen LogP contribution in [0.2, 0.25) is 5.02 Å². The van der Waals surface area contributed by atoms with Crippen LogP contribution >= 0.6 is 11.6 Å². The van der Waals surface area contributed by atoms with Gasteiger partial charge in [-0.2, -0.15) is 0 Å². The third-order valence-electron chi connectivity index (χ3n) is 6.62. The van der Waals surface area contributed by atoms with Gasteiger partial charge >= 0.3 is 0 Å². The molecular formula is C29H33ClN4O6S. The van der Waals surface area contributed by atoms with Crippen molar-refractivity contribution in [3.05, 3.63) is 99.6 Å². The number of amides is 2. The first-order valence-electron chi connectivity index (χ1n) is 13.1. The van der Waals surface area contributed by atoms with Gasteiger partial charge in [0.25, 0.3) is 15.7 Å². The fraction of sp³-hybridized carbons (Fsp3) is 0.310. The molecule has 12 heteroatoms. The zero-order valence-electron chi connectivity index (χ0n) is 23.1. The molecule has 0 radical (unpaired) electrons. The van der Waals surface area contributed by atoms with Crippen molar-refractivity contribution in [3.63, 3.8) is 0 Å². The third-order valence-corrected chi connectivity index (χ3v) is 8.78. The number of nitrogens with one attached hydrogen (secondary N) is 1. The van der Waals surface area contributed by atoms with Gasteiger partial charge in [-0.3, -0.25) is 24.0 Å². The first-order chi connectivity index (χ1) is 19.5. The van der Waals surface area contributed by atoms with Crippen molar-refractivity contribution in [2.75, 3.05) is 10.8 Å². The van der Waals surface area contributed by atoms with E-state index >= 15 is 0 Å². The van der Waals surface area contributed by atoms with Crippen LogP contribution in [0.15, 0.2) is 83.8 Å². The van der Waals surface area contributed by atoms with Gasteiger partial charge in [-0.25, -0.2) is 8.42 Å². The highest BCUT2D eigenvalue weighted by molar-refractivity contribution is 7.92. The second kappa shape index (κ2) is 14.1. The molecule has 10 nitrogen and oxygen atoms in total. The van der Waals surface area contributed by atoms with Crippen LogP contribution in [0, 0.1) is 10.1 Å². The van der Waals surface area contributed by atoms with E-state index in [2.05, 4.69) is 5.32 Å². The van der Waals surface area contributed by atoms with Crippen molar-refractivity contribution in [3.8, 4) is 0 Å². The van der Waals surface area contributed by atoms with Gasteiger partial charge in [0.05, 0.1) is 15.5 Å². The van der Waals surface area contributed by atoms with Gasteiger partial charge in [-0.05, 0) is 49.6 Å². The molecule has 41 heavy (non-hydrogen) atoms. The summed E-state index contributed by atoms with van der Waals surface area (Å²) in [5.41, 5.74) is 0.173. The summed E-state index contributed by atoms with van der Waals surface area (Å²) in [6, 6.07) is 18.3. The Balaban J connectivity index is 2.10. The summed E-state index contributed by atoms with van der Waals surface area (Å²) < 4.78 is 28.5. The second-order valence-corrected chi connectivity index (χ2v) is 11.7. The maximum Gasteiger partial charge on any atom is 0.271 e. The molecule has 0 aliphatic rings. The van der Waals surface area contributed by atoms with Gasteiger partial charge in [0.1, 0.15) is 12.6 Å². The predicted molar refractivity (Wildman–Crippen MR) is 158 cm³/mol. The SMILES string of the molecule is CC[C@H](C)NC(=O)[C@H](CC)N(Cc1ccccc1Cl)C(=O)CN(c1cccc([N+](=O)[O-])c1)S(=O)(=O)c1ccccc1. The summed E-state index contributed by atoms with van der Waals surface area (Å²) in [5, 5.41) is 14.8. The Labute approximate surface area is 245 Å². The van der Waals surface area contributed by atoms with Gasteiger partial charge < -0.3 is 10.2 Å². The first-order valence-corrected chi connectivity index (χ1v) is 15.0. The van der Waals surface area contributed by atoms with E-state index in [-0.39, 0.29) is 41.2 Å². The molecular weight excluding hydrogens is 568 g/mol. The molecule has 0 saturated heterocycles. The molecule has 0 fully saturated rings. The van der Waals surface area contributed by atoms with Crippen LogP contribution in [0.3, 0.4) is 0 Å². The van der Waals surface area contributed by atoms with Gasteiger partial charge in [0.2, 0.25) is 11.8 Å². The van der Waals surface area contributed by atoms with Crippen molar-refractivity contribution in [2.24, 2.45) is 0 Å². The topological polar surface area (TPSA) is 130 Å². The van der Waals surface area contributed by atoms with Crippen molar-refractivity contribution < 1.29 is 22.9 Å². The lowest BCUT2D eigenvalue weighted by Crippen LogP contribution is -2.53. The lowest BCUT2D eigenvalue weighted by molar-refractivity contribution is -0.384. The van der Waals surface area contributed by atoms with E-state index in [4.69, 9.17) is 11.6 Å². The molecule has 0 bridgehead atoms. The number of non-ortho nitro benzene ring substituents is 1. The monoisotopic (exact) mass is 600 g/mol. The average molecular weight is 601 g/mol. The zero-order valence-corrected chi connectivity index (χ0v) is 24.6. The number of carbonyl (C=O) groups is 2. The summed E-state index contributed by atoms with van der Waals surface area (Å²) >= 11 is 6.40. The maximum atomic E-state index is 14.1. The lowest BCUT2D eigenvalue weighted by atomic mass is 10.1. The fourth-order valence-corrected chi connectivity index (χ4v) is 5.80. The Hall–Kier alpha value is -3.96. The van der Waals surface area contributed by atoms with E-state index in [1.165, 1.54) is 47.4 Å². The number of nitro groups is 1. The van der Waals surface area contributed by atoms with E-state index in [1.54, 1.807) is 37.3 Å². The van der Waals surface area contributed by atoms with Crippen LogP contribution in [0.5, 0.6) is 0 Å². The minimum atomic E-state index is -4.35. The number of carbonyl (C=O) groups excluding carboxylic acids is 2. The molecule has 0 spiro atoms. The lowest BCUT2D eigenvalue weighted by Gasteiger charge is -2.33. The van der Waals surface area contributed by atoms with E-state index < -0.39 is 33.4 Å². The Kier molecular flexibility index (Phi) is 10.8. The minimum absolute atomic E-state index is 0.0564. The quantitative estimate of drug-likeness (QED) is 0.213. The van der Waals surface area contributed by atoms with Gasteiger partial charge in [-0.1, -0.05) is 67.9 Å². The Morgan fingerprint density at radius 3 is 2.24 bits per heavy atom. The van der Waals surface area contributed by atoms with Crippen LogP contribution in [0.4, 0.5) is 11.4 Å². The Morgan fingerprint density at radius 1 is 0.976 bits per heavy atom. The molecule has 0 unspecified atom stereocenters. The number of sulfonamides is 1. The van der Waals surface area contributed by atoms with Crippen molar-refractivity contribution >= 4 is 44.8 Å². The van der Waals surface area contributed by atoms with Gasteiger partial charge in [0.15, 0.2) is 0 Å². The molecule has 0 aliphatic carbocycles. The highest BCUT2D eigenvalue weighted by Crippen LogP contribution is 2.28. The average Bonchev–Trinajstić information content (AvgIpc) is 2.96. The second-order valence-electron chi connectivity index (χ2n) is 9.46. The van der Waals surface area contributed by atoms with E-state index in [0.717, 1.165) is 10.4 Å². The predicted octanol–water partition coefficient (Wildman–Crippen LogP) is 5.17. The van der Waals surface area contributed by atoms with Crippen molar-refractivity contribution in [1.29, 1.82) is 0 Å². The number of nitro benzene ring substituents is 1. The molecule has 3 aromatic carbocycles. The molecule has 0 aliphatic heterocycles. The standard InChI is InChI=1S/C29H33ClN4O6S/c1-4-21(3)31-29(36)27(5-2)32(19-22-12-9-10-17-26(22)30)28(35)20-33(23-13-11-14-24(18-23)34(37)38)41(39,40)25-15-7-6-8-16-25/h6-18,21,27H,4-5,19-20H2,1-3H3,(H,31,36)/t21-,27-/m0/s1. The number of nitrogens with zero attached hydrogens (tertiary/aromatic N) is 3. The molecule has 2 amide bonds. The molecule has 218 valence electrons. The Bertz CT molecular complexity index is 1490. The Morgan fingerprint density at radius 2 is 1.63 bits per heavy atom. The number of hydrogen-bond donors (Lipinski definition) is 1. The maximum absolute atomic E-state index is 14.1. The summed E-state index contributed by atoms with van der Waals surface area (Å²) in [6.45, 7) is 4.76. The molecule has 0 saturated carbocycles. The smallest absolute Gasteiger partial charge is 0.271 e. The largest absolute Gasteiger partial charge is 0.352 e. The summed E-state index contributed by atoms with van der Waals surface area (Å²) in [4.78, 5) is 39.4. The molecule has 3 rings (SSSR count). The molecule has 1 N–H and O–H groups in total. The zero-order chi connectivity index (χ0) is 30.2. The summed E-state index contributed by atoms with van der Waals surface area (Å²) in [5.74, 6) is -1.06. The normalized spacial score (nSPS) is 12.7. The third kappa shape index (κ3) is 7.83. The van der Waals surface area contributed by atoms with Gasteiger partial charge in [-0.15, -0.1) is 0 Å². The van der Waals surface area contributed by atoms with E-state index in [9.17, 15) is 28.1 Å². The number of anilines is 1. The number of halogens is 1. The fourth-order valence-electron chi connectivity index (χ4n) is 4.18. The molecule has 0 heterocycles. The number of benzene rings is 3. The highest BCUT2D eigenvalue weighted by atomic mass is 35.5. The van der Waals surface area contributed by atoms with Crippen molar-refractivity contribution in [1.82, 2.24) is 10.2 Å². The van der Waals surface area contributed by atoms with E-state index in [1.807, 2.05) is 13.8 Å². The number of rotatable bonds is 13. The van der Waals surface area contributed by atoms with Crippen LogP contribution in [0.25, 0.3) is 0 Å². The molecule has 3 aromatic rings. The summed E-state index contributed by atoms with van der Waals surface area (Å²) in [7, 11) is -4.35. The minimum Gasteiger partial charge on any atom is -0.352 e. The van der Waals surface area contributed by atoms with Gasteiger partial charge in [0, 0.05) is 29.7 Å².